The van der Waals surface area contributed by atoms with E-state index >= 15 is 0 Å². The number of anilines is 2. The number of rotatable bonds is 8. The molecule has 0 aromatic heterocycles. The zero-order valence-electron chi connectivity index (χ0n) is 19.9. The third-order valence-electron chi connectivity index (χ3n) is 4.86. The molecule has 0 bridgehead atoms. The number of nitrogens with one attached hydrogen (secondary N) is 1. The van der Waals surface area contributed by atoms with Gasteiger partial charge in [0.15, 0.2) is 0 Å². The molecule has 2 aromatic carbocycles. The van der Waals surface area contributed by atoms with Crippen molar-refractivity contribution in [2.45, 2.75) is 58.5 Å². The zero-order valence-corrected chi connectivity index (χ0v) is 20.8. The molecule has 1 amide bonds. The van der Waals surface area contributed by atoms with Gasteiger partial charge in [0.1, 0.15) is 5.82 Å². The summed E-state index contributed by atoms with van der Waals surface area (Å²) < 4.78 is 41.3. The predicted molar refractivity (Wildman–Crippen MR) is 128 cm³/mol. The smallest absolute Gasteiger partial charge is 0.243 e. The second kappa shape index (κ2) is 10.0. The lowest BCUT2D eigenvalue weighted by atomic mass is 9.92. The lowest BCUT2D eigenvalue weighted by molar-refractivity contribution is -0.117. The highest BCUT2D eigenvalue weighted by atomic mass is 32.2. The van der Waals surface area contributed by atoms with Gasteiger partial charge < -0.3 is 10.2 Å². The fraction of sp³-hybridized carbons (Fsp3) is 0.458. The largest absolute Gasteiger partial charge is 0.377 e. The second-order valence-corrected chi connectivity index (χ2v) is 11.5. The van der Waals surface area contributed by atoms with Crippen molar-refractivity contribution in [3.05, 3.63) is 53.8 Å². The minimum absolute atomic E-state index is 0.0358. The lowest BCUT2D eigenvalue weighted by Crippen LogP contribution is -2.36. The maximum absolute atomic E-state index is 13.3. The van der Waals surface area contributed by atoms with Crippen molar-refractivity contribution >= 4 is 27.3 Å². The van der Waals surface area contributed by atoms with E-state index in [4.69, 9.17) is 0 Å². The highest BCUT2D eigenvalue weighted by Crippen LogP contribution is 2.29. The van der Waals surface area contributed by atoms with Crippen LogP contribution in [0.15, 0.2) is 47.4 Å². The molecule has 0 fully saturated rings. The Morgan fingerprint density at radius 3 is 2.16 bits per heavy atom. The van der Waals surface area contributed by atoms with E-state index in [-0.39, 0.29) is 28.8 Å². The van der Waals surface area contributed by atoms with E-state index in [1.54, 1.807) is 13.8 Å². The molecule has 0 unspecified atom stereocenters. The van der Waals surface area contributed by atoms with Crippen molar-refractivity contribution in [2.24, 2.45) is 5.41 Å². The lowest BCUT2D eigenvalue weighted by Gasteiger charge is -2.28. The number of sulfonamides is 1. The SMILES string of the molecule is CC(C)N(Cc1cc(NC(=O)CC(C)(C)C)ccc1N(C)C)S(=O)(=O)c1ccc(F)cc1. The summed E-state index contributed by atoms with van der Waals surface area (Å²) in [7, 11) is -0.0972. The summed E-state index contributed by atoms with van der Waals surface area (Å²) in [6.45, 7) is 9.68. The van der Waals surface area contributed by atoms with Crippen LogP contribution in [0.2, 0.25) is 0 Å². The fourth-order valence-corrected chi connectivity index (χ4v) is 4.98. The van der Waals surface area contributed by atoms with Crippen molar-refractivity contribution in [3.8, 4) is 0 Å². The van der Waals surface area contributed by atoms with Crippen LogP contribution in [0.3, 0.4) is 0 Å². The minimum Gasteiger partial charge on any atom is -0.377 e. The third kappa shape index (κ3) is 6.77. The van der Waals surface area contributed by atoms with Crippen LogP contribution in [-0.2, 0) is 21.4 Å². The van der Waals surface area contributed by atoms with Gasteiger partial charge in [-0.25, -0.2) is 12.8 Å². The van der Waals surface area contributed by atoms with Crippen LogP contribution in [0.1, 0.15) is 46.6 Å². The first-order chi connectivity index (χ1) is 14.7. The molecule has 32 heavy (non-hydrogen) atoms. The Bertz CT molecular complexity index is 1040. The van der Waals surface area contributed by atoms with Crippen LogP contribution >= 0.6 is 0 Å². The van der Waals surface area contributed by atoms with E-state index in [0.29, 0.717) is 12.1 Å². The average molecular weight is 464 g/mol. The molecule has 0 saturated carbocycles. The highest BCUT2D eigenvalue weighted by Gasteiger charge is 2.28. The maximum atomic E-state index is 13.3. The quantitative estimate of drug-likeness (QED) is 0.607. The van der Waals surface area contributed by atoms with Crippen molar-refractivity contribution in [1.29, 1.82) is 0 Å². The van der Waals surface area contributed by atoms with Gasteiger partial charge in [-0.3, -0.25) is 4.79 Å². The van der Waals surface area contributed by atoms with Crippen molar-refractivity contribution in [3.63, 3.8) is 0 Å². The Morgan fingerprint density at radius 2 is 1.66 bits per heavy atom. The summed E-state index contributed by atoms with van der Waals surface area (Å²) in [6, 6.07) is 9.99. The molecule has 0 aliphatic carbocycles. The van der Waals surface area contributed by atoms with Crippen LogP contribution in [0.4, 0.5) is 15.8 Å². The molecule has 2 rings (SSSR count). The minimum atomic E-state index is -3.86. The number of amides is 1. The molecule has 0 radical (unpaired) electrons. The van der Waals surface area contributed by atoms with Gasteiger partial charge in [0.2, 0.25) is 15.9 Å². The molecule has 0 aliphatic rings. The van der Waals surface area contributed by atoms with Gasteiger partial charge >= 0.3 is 0 Å². The molecule has 176 valence electrons. The highest BCUT2D eigenvalue weighted by molar-refractivity contribution is 7.89. The van der Waals surface area contributed by atoms with E-state index in [0.717, 1.165) is 23.4 Å². The average Bonchev–Trinajstić information content (AvgIpc) is 2.64. The normalized spacial score (nSPS) is 12.3. The summed E-state index contributed by atoms with van der Waals surface area (Å²) in [6.07, 6.45) is 0.370. The Morgan fingerprint density at radius 1 is 1.06 bits per heavy atom. The predicted octanol–water partition coefficient (Wildman–Crippen LogP) is 4.87. The maximum Gasteiger partial charge on any atom is 0.243 e. The Balaban J connectivity index is 2.41. The third-order valence-corrected chi connectivity index (χ3v) is 6.89. The van der Waals surface area contributed by atoms with Crippen molar-refractivity contribution in [2.75, 3.05) is 24.3 Å². The Labute approximate surface area is 191 Å². The summed E-state index contributed by atoms with van der Waals surface area (Å²) in [5.74, 6) is -0.589. The van der Waals surface area contributed by atoms with Crippen LogP contribution in [0.25, 0.3) is 0 Å². The molecule has 0 aliphatic heterocycles. The molecule has 6 nitrogen and oxygen atoms in total. The monoisotopic (exact) mass is 463 g/mol. The van der Waals surface area contributed by atoms with E-state index in [9.17, 15) is 17.6 Å². The summed E-state index contributed by atoms with van der Waals surface area (Å²) >= 11 is 0. The number of hydrogen-bond donors (Lipinski definition) is 1. The summed E-state index contributed by atoms with van der Waals surface area (Å²) in [4.78, 5) is 14.3. The van der Waals surface area contributed by atoms with Crippen LogP contribution in [-0.4, -0.2) is 38.8 Å². The van der Waals surface area contributed by atoms with Crippen LogP contribution in [0.5, 0.6) is 0 Å². The van der Waals surface area contributed by atoms with E-state index in [1.165, 1.54) is 16.4 Å². The topological polar surface area (TPSA) is 69.7 Å². The molecule has 8 heteroatoms. The molecule has 0 heterocycles. The molecule has 0 atom stereocenters. The summed E-state index contributed by atoms with van der Waals surface area (Å²) in [5.41, 5.74) is 2.07. The van der Waals surface area contributed by atoms with Crippen molar-refractivity contribution in [1.82, 2.24) is 4.31 Å². The van der Waals surface area contributed by atoms with Gasteiger partial charge in [-0.2, -0.15) is 4.31 Å². The number of carbonyl (C=O) groups excluding carboxylic acids is 1. The molecule has 2 aromatic rings. The van der Waals surface area contributed by atoms with E-state index in [2.05, 4.69) is 5.32 Å². The summed E-state index contributed by atoms with van der Waals surface area (Å²) in [5, 5.41) is 2.92. The van der Waals surface area contributed by atoms with E-state index in [1.807, 2.05) is 58.0 Å². The molecule has 0 saturated heterocycles. The van der Waals surface area contributed by atoms with Crippen LogP contribution in [0, 0.1) is 11.2 Å². The fourth-order valence-electron chi connectivity index (χ4n) is 3.37. The van der Waals surface area contributed by atoms with Gasteiger partial charge in [-0.15, -0.1) is 0 Å². The van der Waals surface area contributed by atoms with Gasteiger partial charge in [-0.1, -0.05) is 20.8 Å². The molecule has 0 spiro atoms. The van der Waals surface area contributed by atoms with Gasteiger partial charge in [0.05, 0.1) is 4.90 Å². The number of halogens is 1. The van der Waals surface area contributed by atoms with Gasteiger partial charge in [0, 0.05) is 44.5 Å². The Kier molecular flexibility index (Phi) is 8.07. The molecule has 1 N–H and O–H groups in total. The molecular weight excluding hydrogens is 429 g/mol. The van der Waals surface area contributed by atoms with Crippen molar-refractivity contribution < 1.29 is 17.6 Å². The van der Waals surface area contributed by atoms with Gasteiger partial charge in [-0.05, 0) is 67.3 Å². The Hall–Kier alpha value is -2.45. The first kappa shape index (κ1) is 25.8. The number of hydrogen-bond acceptors (Lipinski definition) is 4. The number of nitrogens with zero attached hydrogens (tertiary/aromatic N) is 2. The first-order valence-electron chi connectivity index (χ1n) is 10.6. The first-order valence-corrected chi connectivity index (χ1v) is 12.0. The standard InChI is InChI=1S/C24H34FN3O3S/c1-17(2)28(32(30,31)21-11-8-19(25)9-12-21)16-18-14-20(10-13-22(18)27(6)7)26-23(29)15-24(3,4)5/h8-14,17H,15-16H2,1-7H3,(H,26,29). The second-order valence-electron chi connectivity index (χ2n) is 9.62. The number of carbonyl (C=O) groups is 1. The van der Waals surface area contributed by atoms with Gasteiger partial charge in [0.25, 0.3) is 0 Å². The zero-order chi connectivity index (χ0) is 24.3. The van der Waals surface area contributed by atoms with E-state index < -0.39 is 15.8 Å². The van der Waals surface area contributed by atoms with Crippen LogP contribution < -0.4 is 10.2 Å². The molecular formula is C24H34FN3O3S. The number of benzene rings is 2.